The largest absolute Gasteiger partial charge is 0.480 e. The van der Waals surface area contributed by atoms with Crippen LogP contribution in [0.3, 0.4) is 0 Å². The van der Waals surface area contributed by atoms with E-state index in [0.717, 1.165) is 5.56 Å². The summed E-state index contributed by atoms with van der Waals surface area (Å²) in [6, 6.07) is 4.50. The van der Waals surface area contributed by atoms with Gasteiger partial charge in [0.15, 0.2) is 0 Å². The van der Waals surface area contributed by atoms with Crippen LogP contribution in [0.4, 0.5) is 0 Å². The number of aliphatic hydroxyl groups excluding tert-OH is 1. The van der Waals surface area contributed by atoms with Crippen molar-refractivity contribution >= 4 is 16.0 Å². The molecular formula is C10H13NO5S. The Morgan fingerprint density at radius 1 is 1.47 bits per heavy atom. The van der Waals surface area contributed by atoms with Crippen molar-refractivity contribution in [2.45, 2.75) is 17.9 Å². The van der Waals surface area contributed by atoms with Gasteiger partial charge in [-0.1, -0.05) is 12.1 Å². The molecule has 17 heavy (non-hydrogen) atoms. The quantitative estimate of drug-likeness (QED) is 0.674. The van der Waals surface area contributed by atoms with E-state index in [1.807, 2.05) is 4.72 Å². The number of aliphatic hydroxyl groups is 1. The van der Waals surface area contributed by atoms with Crippen molar-refractivity contribution in [3.8, 4) is 0 Å². The molecule has 1 rings (SSSR count). The highest BCUT2D eigenvalue weighted by Gasteiger charge is 2.24. The molecule has 3 N–H and O–H groups in total. The average Bonchev–Trinajstić information content (AvgIpc) is 2.25. The van der Waals surface area contributed by atoms with Crippen molar-refractivity contribution in [1.82, 2.24) is 4.72 Å². The van der Waals surface area contributed by atoms with Crippen LogP contribution in [0.1, 0.15) is 5.56 Å². The summed E-state index contributed by atoms with van der Waals surface area (Å²) in [6.07, 6.45) is 0. The fraction of sp³-hybridized carbons (Fsp3) is 0.300. The van der Waals surface area contributed by atoms with E-state index in [4.69, 9.17) is 10.2 Å². The molecule has 0 bridgehead atoms. The second-order valence-electron chi connectivity index (χ2n) is 3.51. The number of nitrogens with one attached hydrogen (secondary N) is 1. The molecule has 0 aliphatic rings. The van der Waals surface area contributed by atoms with Crippen molar-refractivity contribution in [1.29, 1.82) is 0 Å². The molecule has 0 saturated carbocycles. The lowest BCUT2D eigenvalue weighted by Gasteiger charge is -2.12. The number of carbonyl (C=O) groups is 1. The van der Waals surface area contributed by atoms with Crippen LogP contribution in [0, 0.1) is 6.92 Å². The van der Waals surface area contributed by atoms with E-state index in [0.29, 0.717) is 0 Å². The van der Waals surface area contributed by atoms with E-state index in [1.54, 1.807) is 19.1 Å². The number of carboxylic acid groups (broad SMARTS) is 1. The Morgan fingerprint density at radius 3 is 2.59 bits per heavy atom. The summed E-state index contributed by atoms with van der Waals surface area (Å²) in [5.74, 6) is -1.43. The smallest absolute Gasteiger partial charge is 0.324 e. The highest BCUT2D eigenvalue weighted by atomic mass is 32.2. The van der Waals surface area contributed by atoms with Crippen LogP contribution in [0.2, 0.25) is 0 Å². The van der Waals surface area contributed by atoms with Gasteiger partial charge >= 0.3 is 5.97 Å². The molecule has 0 radical (unpaired) electrons. The minimum atomic E-state index is -3.93. The van der Waals surface area contributed by atoms with Gasteiger partial charge in [-0.15, -0.1) is 0 Å². The van der Waals surface area contributed by atoms with E-state index in [-0.39, 0.29) is 4.90 Å². The number of carboxylic acids is 1. The first kappa shape index (κ1) is 13.6. The van der Waals surface area contributed by atoms with E-state index in [1.165, 1.54) is 12.1 Å². The predicted molar refractivity (Wildman–Crippen MR) is 60.0 cm³/mol. The lowest BCUT2D eigenvalue weighted by Crippen LogP contribution is -2.43. The number of aryl methyl sites for hydroxylation is 1. The summed E-state index contributed by atoms with van der Waals surface area (Å²) < 4.78 is 25.5. The van der Waals surface area contributed by atoms with Crippen molar-refractivity contribution in [3.05, 3.63) is 29.8 Å². The van der Waals surface area contributed by atoms with Gasteiger partial charge in [0.25, 0.3) is 0 Å². The summed E-state index contributed by atoms with van der Waals surface area (Å²) in [6.45, 7) is 0.917. The topological polar surface area (TPSA) is 104 Å². The minimum absolute atomic E-state index is 0.0304. The lowest BCUT2D eigenvalue weighted by molar-refractivity contribution is -0.139. The molecule has 1 atom stereocenters. The monoisotopic (exact) mass is 259 g/mol. The lowest BCUT2D eigenvalue weighted by atomic mass is 10.2. The molecule has 7 heteroatoms. The van der Waals surface area contributed by atoms with Crippen LogP contribution in [0.25, 0.3) is 0 Å². The van der Waals surface area contributed by atoms with Crippen molar-refractivity contribution in [2.75, 3.05) is 6.61 Å². The molecule has 0 amide bonds. The van der Waals surface area contributed by atoms with Crippen LogP contribution in [0.5, 0.6) is 0 Å². The first-order chi connectivity index (χ1) is 7.86. The third kappa shape index (κ3) is 3.52. The van der Waals surface area contributed by atoms with Crippen LogP contribution >= 0.6 is 0 Å². The zero-order chi connectivity index (χ0) is 13.1. The third-order valence-corrected chi connectivity index (χ3v) is 3.55. The molecular weight excluding hydrogens is 246 g/mol. The maximum atomic E-state index is 11.8. The highest BCUT2D eigenvalue weighted by molar-refractivity contribution is 7.89. The van der Waals surface area contributed by atoms with E-state index < -0.39 is 28.6 Å². The number of hydrogen-bond acceptors (Lipinski definition) is 4. The van der Waals surface area contributed by atoms with E-state index in [2.05, 4.69) is 0 Å². The zero-order valence-electron chi connectivity index (χ0n) is 9.12. The summed E-state index contributed by atoms with van der Waals surface area (Å²) in [5, 5.41) is 17.4. The second kappa shape index (κ2) is 5.26. The van der Waals surface area contributed by atoms with Gasteiger partial charge in [0.2, 0.25) is 10.0 Å². The molecule has 0 saturated heterocycles. The number of sulfonamides is 1. The third-order valence-electron chi connectivity index (χ3n) is 2.08. The maximum absolute atomic E-state index is 11.8. The number of aliphatic carboxylic acids is 1. The Bertz CT molecular complexity index is 511. The van der Waals surface area contributed by atoms with Crippen LogP contribution in [-0.2, 0) is 14.8 Å². The molecule has 0 unspecified atom stereocenters. The zero-order valence-corrected chi connectivity index (χ0v) is 9.94. The van der Waals surface area contributed by atoms with Crippen LogP contribution in [-0.4, -0.2) is 37.2 Å². The molecule has 0 spiro atoms. The number of rotatable bonds is 5. The molecule has 94 valence electrons. The minimum Gasteiger partial charge on any atom is -0.480 e. The molecule has 0 aliphatic carbocycles. The molecule has 0 fully saturated rings. The summed E-state index contributed by atoms with van der Waals surface area (Å²) in [7, 11) is -3.93. The van der Waals surface area contributed by atoms with Gasteiger partial charge in [0.05, 0.1) is 11.5 Å². The standard InChI is InChI=1S/C10H13NO5S/c1-7-3-2-4-8(5-7)17(15,16)11-9(6-12)10(13)14/h2-5,9,11-12H,6H2,1H3,(H,13,14)/t9-/m1/s1. The predicted octanol–water partition coefficient (Wildman–Crippen LogP) is -0.281. The highest BCUT2D eigenvalue weighted by Crippen LogP contribution is 2.11. The molecule has 0 aliphatic heterocycles. The average molecular weight is 259 g/mol. The van der Waals surface area contributed by atoms with Crippen molar-refractivity contribution in [2.24, 2.45) is 0 Å². The Morgan fingerprint density at radius 2 is 2.12 bits per heavy atom. The molecule has 0 heterocycles. The second-order valence-corrected chi connectivity index (χ2v) is 5.23. The van der Waals surface area contributed by atoms with Crippen molar-refractivity contribution in [3.63, 3.8) is 0 Å². The van der Waals surface area contributed by atoms with E-state index in [9.17, 15) is 13.2 Å². The Labute approximate surface area is 99.0 Å². The summed E-state index contributed by atoms with van der Waals surface area (Å²) in [5.41, 5.74) is 0.740. The van der Waals surface area contributed by atoms with Gasteiger partial charge in [-0.25, -0.2) is 8.42 Å². The first-order valence-electron chi connectivity index (χ1n) is 4.79. The van der Waals surface area contributed by atoms with Crippen molar-refractivity contribution < 1.29 is 23.4 Å². The molecule has 6 nitrogen and oxygen atoms in total. The van der Waals surface area contributed by atoms with E-state index >= 15 is 0 Å². The van der Waals surface area contributed by atoms with Crippen LogP contribution < -0.4 is 4.72 Å². The summed E-state index contributed by atoms with van der Waals surface area (Å²) >= 11 is 0. The van der Waals surface area contributed by atoms with Gasteiger partial charge in [-0.05, 0) is 24.6 Å². The van der Waals surface area contributed by atoms with Gasteiger partial charge in [-0.2, -0.15) is 4.72 Å². The SMILES string of the molecule is Cc1cccc(S(=O)(=O)N[C@H](CO)C(=O)O)c1. The Kier molecular flexibility index (Phi) is 4.22. The van der Waals surface area contributed by atoms with Gasteiger partial charge in [0.1, 0.15) is 6.04 Å². The molecule has 1 aromatic rings. The fourth-order valence-electron chi connectivity index (χ4n) is 1.20. The number of hydrogen-bond donors (Lipinski definition) is 3. The Hall–Kier alpha value is -1.44. The van der Waals surface area contributed by atoms with Gasteiger partial charge < -0.3 is 10.2 Å². The van der Waals surface area contributed by atoms with Crippen LogP contribution in [0.15, 0.2) is 29.2 Å². The normalized spacial score (nSPS) is 13.3. The van der Waals surface area contributed by atoms with Gasteiger partial charge in [-0.3, -0.25) is 4.79 Å². The number of benzene rings is 1. The van der Waals surface area contributed by atoms with Gasteiger partial charge in [0, 0.05) is 0 Å². The fourth-order valence-corrected chi connectivity index (χ4v) is 2.49. The first-order valence-corrected chi connectivity index (χ1v) is 6.28. The maximum Gasteiger partial charge on any atom is 0.324 e. The molecule has 0 aromatic heterocycles. The summed E-state index contributed by atoms with van der Waals surface area (Å²) in [4.78, 5) is 10.6. The Balaban J connectivity index is 3.00. The molecule has 1 aromatic carbocycles.